The molecule has 1 aromatic rings. The number of hydrogen-bond acceptors (Lipinski definition) is 4. The molecule has 2 heterocycles. The summed E-state index contributed by atoms with van der Waals surface area (Å²) in [6.07, 6.45) is 6.77. The second kappa shape index (κ2) is 8.61. The van der Waals surface area contributed by atoms with Gasteiger partial charge in [0.05, 0.1) is 19.3 Å². The predicted octanol–water partition coefficient (Wildman–Crippen LogP) is 3.36. The number of likely N-dealkylation sites (tertiary alicyclic amines) is 1. The number of carbonyl (C=O) groups excluding carboxylic acids is 1. The molecule has 1 saturated carbocycles. The number of hydrogen-bond donors (Lipinski definition) is 1. The molecule has 1 N–H and O–H groups in total. The monoisotopic (exact) mass is 371 g/mol. The third kappa shape index (κ3) is 4.46. The zero-order valence-corrected chi connectivity index (χ0v) is 16.5. The molecule has 0 aromatic heterocycles. The average Bonchev–Trinajstić information content (AvgIpc) is 2.74. The summed E-state index contributed by atoms with van der Waals surface area (Å²) < 4.78 is 5.41. The van der Waals surface area contributed by atoms with Gasteiger partial charge in [0.2, 0.25) is 5.91 Å². The SMILES string of the molecule is C[C@H](C(=O)Nc1ccc(N2CCOCC2)cc1)N1CC[C@@H]2CCCC[C@@H]2C1. The molecule has 1 aromatic carbocycles. The van der Waals surface area contributed by atoms with Crippen LogP contribution in [0, 0.1) is 11.8 Å². The van der Waals surface area contributed by atoms with E-state index in [9.17, 15) is 4.79 Å². The number of benzene rings is 1. The molecule has 1 amide bonds. The van der Waals surface area contributed by atoms with E-state index < -0.39 is 0 Å². The molecule has 0 bridgehead atoms. The van der Waals surface area contributed by atoms with Crippen molar-refractivity contribution in [3.63, 3.8) is 0 Å². The second-order valence-corrected chi connectivity index (χ2v) is 8.40. The van der Waals surface area contributed by atoms with Crippen LogP contribution in [0.4, 0.5) is 11.4 Å². The number of anilines is 2. The van der Waals surface area contributed by atoms with Gasteiger partial charge in [-0.15, -0.1) is 0 Å². The van der Waals surface area contributed by atoms with Crippen LogP contribution in [0.25, 0.3) is 0 Å². The maximum Gasteiger partial charge on any atom is 0.241 e. The molecule has 148 valence electrons. The number of piperidine rings is 1. The van der Waals surface area contributed by atoms with Crippen molar-refractivity contribution < 1.29 is 9.53 Å². The minimum absolute atomic E-state index is 0.0632. The first-order chi connectivity index (χ1) is 13.2. The van der Waals surface area contributed by atoms with E-state index in [-0.39, 0.29) is 11.9 Å². The Kier molecular flexibility index (Phi) is 5.98. The molecule has 5 nitrogen and oxygen atoms in total. The first-order valence-corrected chi connectivity index (χ1v) is 10.7. The lowest BCUT2D eigenvalue weighted by Crippen LogP contribution is -2.49. The normalized spacial score (nSPS) is 27.7. The summed E-state index contributed by atoms with van der Waals surface area (Å²) >= 11 is 0. The van der Waals surface area contributed by atoms with E-state index in [1.807, 2.05) is 12.1 Å². The number of amides is 1. The van der Waals surface area contributed by atoms with Gasteiger partial charge in [0, 0.05) is 31.0 Å². The van der Waals surface area contributed by atoms with Crippen LogP contribution in [0.15, 0.2) is 24.3 Å². The molecule has 3 fully saturated rings. The molecule has 0 radical (unpaired) electrons. The van der Waals surface area contributed by atoms with Gasteiger partial charge in [0.25, 0.3) is 0 Å². The fourth-order valence-electron chi connectivity index (χ4n) is 4.97. The topological polar surface area (TPSA) is 44.8 Å². The molecule has 4 rings (SSSR count). The molecule has 2 aliphatic heterocycles. The highest BCUT2D eigenvalue weighted by Crippen LogP contribution is 2.36. The van der Waals surface area contributed by atoms with Gasteiger partial charge in [0.15, 0.2) is 0 Å². The van der Waals surface area contributed by atoms with Gasteiger partial charge in [-0.3, -0.25) is 9.69 Å². The maximum absolute atomic E-state index is 12.8. The molecule has 0 spiro atoms. The van der Waals surface area contributed by atoms with Crippen LogP contribution in [0.5, 0.6) is 0 Å². The van der Waals surface area contributed by atoms with E-state index in [1.54, 1.807) is 0 Å². The number of fused-ring (bicyclic) bond motifs is 1. The van der Waals surface area contributed by atoms with Crippen molar-refractivity contribution in [3.8, 4) is 0 Å². The molecule has 3 atom stereocenters. The highest BCUT2D eigenvalue weighted by molar-refractivity contribution is 5.94. The van der Waals surface area contributed by atoms with E-state index in [1.165, 1.54) is 37.8 Å². The molecule has 2 saturated heterocycles. The summed E-state index contributed by atoms with van der Waals surface area (Å²) in [7, 11) is 0. The van der Waals surface area contributed by atoms with Crippen LogP contribution in [-0.2, 0) is 9.53 Å². The van der Waals surface area contributed by atoms with E-state index >= 15 is 0 Å². The van der Waals surface area contributed by atoms with E-state index in [4.69, 9.17) is 4.74 Å². The van der Waals surface area contributed by atoms with Crippen LogP contribution in [-0.4, -0.2) is 56.2 Å². The van der Waals surface area contributed by atoms with Crippen molar-refractivity contribution >= 4 is 17.3 Å². The summed E-state index contributed by atoms with van der Waals surface area (Å²) in [6.45, 7) is 7.64. The summed E-state index contributed by atoms with van der Waals surface area (Å²) in [5.41, 5.74) is 2.08. The van der Waals surface area contributed by atoms with Crippen LogP contribution in [0.3, 0.4) is 0 Å². The Morgan fingerprint density at radius 2 is 1.74 bits per heavy atom. The number of morpholine rings is 1. The van der Waals surface area contributed by atoms with Gasteiger partial charge in [-0.2, -0.15) is 0 Å². The first-order valence-electron chi connectivity index (χ1n) is 10.7. The van der Waals surface area contributed by atoms with E-state index in [0.717, 1.165) is 56.9 Å². The Hall–Kier alpha value is -1.59. The Morgan fingerprint density at radius 1 is 1.04 bits per heavy atom. The third-order valence-electron chi connectivity index (χ3n) is 6.76. The van der Waals surface area contributed by atoms with Crippen molar-refractivity contribution in [2.24, 2.45) is 11.8 Å². The van der Waals surface area contributed by atoms with Crippen molar-refractivity contribution in [1.29, 1.82) is 0 Å². The Morgan fingerprint density at radius 3 is 2.48 bits per heavy atom. The summed E-state index contributed by atoms with van der Waals surface area (Å²) in [5, 5.41) is 3.12. The minimum atomic E-state index is -0.0632. The van der Waals surface area contributed by atoms with Gasteiger partial charge in [-0.25, -0.2) is 0 Å². The number of carbonyl (C=O) groups is 1. The van der Waals surface area contributed by atoms with Gasteiger partial charge >= 0.3 is 0 Å². The van der Waals surface area contributed by atoms with Crippen LogP contribution < -0.4 is 10.2 Å². The van der Waals surface area contributed by atoms with Crippen molar-refractivity contribution in [2.75, 3.05) is 49.6 Å². The fraction of sp³-hybridized carbons (Fsp3) is 0.682. The number of ether oxygens (including phenoxy) is 1. The Labute approximate surface area is 163 Å². The lowest BCUT2D eigenvalue weighted by atomic mass is 9.75. The maximum atomic E-state index is 12.8. The molecular formula is C22H33N3O2. The minimum Gasteiger partial charge on any atom is -0.378 e. The highest BCUT2D eigenvalue weighted by Gasteiger charge is 2.34. The molecule has 5 heteroatoms. The van der Waals surface area contributed by atoms with Gasteiger partial charge in [-0.05, 0) is 62.4 Å². The number of nitrogens with one attached hydrogen (secondary N) is 1. The molecule has 1 aliphatic carbocycles. The van der Waals surface area contributed by atoms with E-state index in [2.05, 4.69) is 34.2 Å². The first kappa shape index (κ1) is 18.8. The largest absolute Gasteiger partial charge is 0.378 e. The standard InChI is InChI=1S/C22H33N3O2/c1-17(25-11-10-18-4-2-3-5-19(18)16-25)22(26)23-20-6-8-21(9-7-20)24-12-14-27-15-13-24/h6-9,17-19H,2-5,10-16H2,1H3,(H,23,26)/t17-,18+,19-/m1/s1. The van der Waals surface area contributed by atoms with Crippen LogP contribution in [0.1, 0.15) is 39.0 Å². The lowest BCUT2D eigenvalue weighted by Gasteiger charge is -2.43. The lowest BCUT2D eigenvalue weighted by molar-refractivity contribution is -0.122. The smallest absolute Gasteiger partial charge is 0.241 e. The van der Waals surface area contributed by atoms with Crippen LogP contribution >= 0.6 is 0 Å². The fourth-order valence-corrected chi connectivity index (χ4v) is 4.97. The Balaban J connectivity index is 1.31. The zero-order valence-electron chi connectivity index (χ0n) is 16.5. The summed E-state index contributed by atoms with van der Waals surface area (Å²) in [6, 6.07) is 8.16. The zero-order chi connectivity index (χ0) is 18.6. The van der Waals surface area contributed by atoms with Crippen molar-refractivity contribution in [1.82, 2.24) is 4.90 Å². The van der Waals surface area contributed by atoms with Gasteiger partial charge in [0.1, 0.15) is 0 Å². The number of nitrogens with zero attached hydrogens (tertiary/aromatic N) is 2. The third-order valence-corrected chi connectivity index (χ3v) is 6.76. The molecule has 0 unspecified atom stereocenters. The second-order valence-electron chi connectivity index (χ2n) is 8.40. The highest BCUT2D eigenvalue weighted by atomic mass is 16.5. The van der Waals surface area contributed by atoms with Gasteiger partial charge < -0.3 is 15.0 Å². The van der Waals surface area contributed by atoms with Crippen molar-refractivity contribution in [3.05, 3.63) is 24.3 Å². The molecular weight excluding hydrogens is 338 g/mol. The van der Waals surface area contributed by atoms with Crippen LogP contribution in [0.2, 0.25) is 0 Å². The molecule has 3 aliphatic rings. The van der Waals surface area contributed by atoms with Crippen molar-refractivity contribution in [2.45, 2.75) is 45.1 Å². The summed E-state index contributed by atoms with van der Waals surface area (Å²) in [4.78, 5) is 17.5. The predicted molar refractivity (Wildman–Crippen MR) is 109 cm³/mol. The molecule has 27 heavy (non-hydrogen) atoms. The quantitative estimate of drug-likeness (QED) is 0.881. The summed E-state index contributed by atoms with van der Waals surface area (Å²) in [5.74, 6) is 1.82. The number of rotatable bonds is 4. The van der Waals surface area contributed by atoms with E-state index in [0.29, 0.717) is 0 Å². The Bertz CT molecular complexity index is 627. The van der Waals surface area contributed by atoms with Gasteiger partial charge in [-0.1, -0.05) is 19.3 Å². The average molecular weight is 372 g/mol.